The second kappa shape index (κ2) is 9.66. The number of rotatable bonds is 7. The van der Waals surface area contributed by atoms with Gasteiger partial charge in [0.2, 0.25) is 0 Å². The van der Waals surface area contributed by atoms with Crippen molar-refractivity contribution in [2.24, 2.45) is 0 Å². The topological polar surface area (TPSA) is 38.3 Å². The summed E-state index contributed by atoms with van der Waals surface area (Å²) in [6.45, 7) is 0. The Morgan fingerprint density at radius 3 is 2.34 bits per heavy atom. The highest BCUT2D eigenvalue weighted by Crippen LogP contribution is 2.28. The second-order valence-electron chi connectivity index (χ2n) is 7.27. The lowest BCUT2D eigenvalue weighted by Gasteiger charge is -2.14. The lowest BCUT2D eigenvalue weighted by molar-refractivity contribution is 0.102. The van der Waals surface area contributed by atoms with Crippen LogP contribution in [0.1, 0.15) is 41.6 Å². The number of nitrogens with one attached hydrogen (secondary N) is 1. The van der Waals surface area contributed by atoms with Gasteiger partial charge in [0.15, 0.2) is 0 Å². The third kappa shape index (κ3) is 5.42. The zero-order valence-electron chi connectivity index (χ0n) is 16.3. The number of carbonyl (C=O) groups excluding carboxylic acids is 1. The van der Waals surface area contributed by atoms with Crippen LogP contribution in [-0.4, -0.2) is 12.0 Å². The van der Waals surface area contributed by atoms with E-state index in [2.05, 4.69) is 17.4 Å². The third-order valence-electron chi connectivity index (χ3n) is 5.09. The summed E-state index contributed by atoms with van der Waals surface area (Å²) in [7, 11) is 0. The van der Waals surface area contributed by atoms with E-state index in [1.54, 1.807) is 11.8 Å². The van der Waals surface area contributed by atoms with Crippen LogP contribution in [0.2, 0.25) is 0 Å². The number of thioether (sulfide) groups is 1. The van der Waals surface area contributed by atoms with E-state index in [4.69, 9.17) is 4.74 Å². The smallest absolute Gasteiger partial charge is 0.256 e. The summed E-state index contributed by atoms with van der Waals surface area (Å²) in [6, 6.07) is 25.7. The molecule has 29 heavy (non-hydrogen) atoms. The summed E-state index contributed by atoms with van der Waals surface area (Å²) in [5.74, 6) is 1.61. The van der Waals surface area contributed by atoms with E-state index in [0.717, 1.165) is 34.9 Å². The van der Waals surface area contributed by atoms with E-state index in [9.17, 15) is 4.79 Å². The number of anilines is 1. The first-order chi connectivity index (χ1) is 14.3. The average Bonchev–Trinajstić information content (AvgIpc) is 3.28. The first-order valence-corrected chi connectivity index (χ1v) is 11.1. The van der Waals surface area contributed by atoms with Crippen molar-refractivity contribution in [2.45, 2.75) is 42.4 Å². The number of benzene rings is 3. The Labute approximate surface area is 176 Å². The molecule has 1 N–H and O–H groups in total. The van der Waals surface area contributed by atoms with Crippen LogP contribution in [0.5, 0.6) is 5.75 Å². The highest BCUT2D eigenvalue weighted by atomic mass is 32.2. The molecule has 0 bridgehead atoms. The molecule has 1 saturated carbocycles. The van der Waals surface area contributed by atoms with Crippen molar-refractivity contribution in [1.29, 1.82) is 0 Å². The van der Waals surface area contributed by atoms with Crippen LogP contribution < -0.4 is 10.1 Å². The Balaban J connectivity index is 1.39. The normalized spacial score (nSPS) is 13.9. The summed E-state index contributed by atoms with van der Waals surface area (Å²) in [4.78, 5) is 13.8. The SMILES string of the molecule is O=C(Nc1ccc(OC2CCCC2)cc1)c1ccccc1SCc1ccccc1. The van der Waals surface area contributed by atoms with Crippen LogP contribution in [0.25, 0.3) is 0 Å². The van der Waals surface area contributed by atoms with Crippen molar-refractivity contribution in [1.82, 2.24) is 0 Å². The van der Waals surface area contributed by atoms with Crippen molar-refractivity contribution in [2.75, 3.05) is 5.32 Å². The fourth-order valence-electron chi connectivity index (χ4n) is 3.53. The molecular formula is C25H25NO2S. The Morgan fingerprint density at radius 1 is 0.897 bits per heavy atom. The van der Waals surface area contributed by atoms with E-state index in [-0.39, 0.29) is 5.91 Å². The Morgan fingerprint density at radius 2 is 1.59 bits per heavy atom. The summed E-state index contributed by atoms with van der Waals surface area (Å²) in [5, 5.41) is 3.01. The van der Waals surface area contributed by atoms with Crippen molar-refractivity contribution in [3.63, 3.8) is 0 Å². The fraction of sp³-hybridized carbons (Fsp3) is 0.240. The summed E-state index contributed by atoms with van der Waals surface area (Å²) >= 11 is 1.68. The number of hydrogen-bond acceptors (Lipinski definition) is 3. The van der Waals surface area contributed by atoms with Gasteiger partial charge in [0, 0.05) is 16.3 Å². The van der Waals surface area contributed by atoms with Gasteiger partial charge in [-0.3, -0.25) is 4.79 Å². The minimum atomic E-state index is -0.0920. The highest BCUT2D eigenvalue weighted by molar-refractivity contribution is 7.98. The van der Waals surface area contributed by atoms with Crippen LogP contribution in [-0.2, 0) is 5.75 Å². The molecule has 0 aliphatic heterocycles. The van der Waals surface area contributed by atoms with Gasteiger partial charge in [0.05, 0.1) is 11.7 Å². The first kappa shape index (κ1) is 19.6. The van der Waals surface area contributed by atoms with Crippen LogP contribution in [0, 0.1) is 0 Å². The molecule has 0 spiro atoms. The maximum atomic E-state index is 12.9. The third-order valence-corrected chi connectivity index (χ3v) is 6.23. The molecule has 4 heteroatoms. The Hall–Kier alpha value is -2.72. The predicted molar refractivity (Wildman–Crippen MR) is 120 cm³/mol. The molecule has 0 unspecified atom stereocenters. The van der Waals surface area contributed by atoms with Crippen LogP contribution in [0.4, 0.5) is 5.69 Å². The van der Waals surface area contributed by atoms with Gasteiger partial charge in [-0.1, -0.05) is 42.5 Å². The highest BCUT2D eigenvalue weighted by Gasteiger charge is 2.16. The number of hydrogen-bond donors (Lipinski definition) is 1. The molecule has 0 aromatic heterocycles. The standard InChI is InChI=1S/C25H25NO2S/c27-25(26-20-14-16-22(17-15-20)28-21-10-4-5-11-21)23-12-6-7-13-24(23)29-18-19-8-2-1-3-9-19/h1-3,6-9,12-17,21H,4-5,10-11,18H2,(H,26,27). The second-order valence-corrected chi connectivity index (χ2v) is 8.29. The lowest BCUT2D eigenvalue weighted by atomic mass is 10.2. The van der Waals surface area contributed by atoms with Gasteiger partial charge in [-0.15, -0.1) is 11.8 Å². The van der Waals surface area contributed by atoms with Gasteiger partial charge in [0.1, 0.15) is 5.75 Å². The summed E-state index contributed by atoms with van der Waals surface area (Å²) in [5.41, 5.74) is 2.71. The van der Waals surface area contributed by atoms with Crippen molar-refractivity contribution < 1.29 is 9.53 Å². The molecule has 1 fully saturated rings. The molecule has 0 saturated heterocycles. The molecular weight excluding hydrogens is 378 g/mol. The van der Waals surface area contributed by atoms with Crippen molar-refractivity contribution in [3.05, 3.63) is 90.0 Å². The van der Waals surface area contributed by atoms with Gasteiger partial charge in [-0.05, 0) is 67.6 Å². The van der Waals surface area contributed by atoms with Gasteiger partial charge >= 0.3 is 0 Å². The zero-order chi connectivity index (χ0) is 19.9. The molecule has 3 aromatic rings. The molecule has 3 nitrogen and oxygen atoms in total. The molecule has 148 valence electrons. The van der Waals surface area contributed by atoms with Crippen LogP contribution >= 0.6 is 11.8 Å². The van der Waals surface area contributed by atoms with Crippen LogP contribution in [0.3, 0.4) is 0 Å². The maximum absolute atomic E-state index is 12.9. The summed E-state index contributed by atoms with van der Waals surface area (Å²) in [6.07, 6.45) is 5.11. The van der Waals surface area contributed by atoms with Gasteiger partial charge in [-0.25, -0.2) is 0 Å². The summed E-state index contributed by atoms with van der Waals surface area (Å²) < 4.78 is 6.00. The zero-order valence-corrected chi connectivity index (χ0v) is 17.2. The largest absolute Gasteiger partial charge is 0.490 e. The molecule has 0 radical (unpaired) electrons. The average molecular weight is 404 g/mol. The number of ether oxygens (including phenoxy) is 1. The van der Waals surface area contributed by atoms with Gasteiger partial charge in [0.25, 0.3) is 5.91 Å². The molecule has 1 amide bonds. The monoisotopic (exact) mass is 403 g/mol. The molecule has 4 rings (SSSR count). The molecule has 1 aliphatic carbocycles. The van der Waals surface area contributed by atoms with Gasteiger partial charge < -0.3 is 10.1 Å². The van der Waals surface area contributed by atoms with Gasteiger partial charge in [-0.2, -0.15) is 0 Å². The molecule has 3 aromatic carbocycles. The van der Waals surface area contributed by atoms with Crippen molar-refractivity contribution in [3.8, 4) is 5.75 Å². The maximum Gasteiger partial charge on any atom is 0.256 e. The van der Waals surface area contributed by atoms with Crippen LogP contribution in [0.15, 0.2) is 83.8 Å². The fourth-order valence-corrected chi connectivity index (χ4v) is 4.53. The van der Waals surface area contributed by atoms with E-state index < -0.39 is 0 Å². The minimum absolute atomic E-state index is 0.0920. The number of amides is 1. The predicted octanol–water partition coefficient (Wildman–Crippen LogP) is 6.55. The molecule has 0 heterocycles. The Kier molecular flexibility index (Phi) is 6.52. The van der Waals surface area contributed by atoms with E-state index >= 15 is 0 Å². The molecule has 1 aliphatic rings. The number of carbonyl (C=O) groups is 1. The molecule has 0 atom stereocenters. The van der Waals surface area contributed by atoms with E-state index in [1.165, 1.54) is 18.4 Å². The van der Waals surface area contributed by atoms with Crippen molar-refractivity contribution >= 4 is 23.4 Å². The quantitative estimate of drug-likeness (QED) is 0.454. The Bertz CT molecular complexity index is 935. The minimum Gasteiger partial charge on any atom is -0.490 e. The van der Waals surface area contributed by atoms with E-state index in [1.807, 2.05) is 66.7 Å². The van der Waals surface area contributed by atoms with E-state index in [0.29, 0.717) is 11.7 Å². The lowest BCUT2D eigenvalue weighted by Crippen LogP contribution is -2.13. The first-order valence-electron chi connectivity index (χ1n) is 10.1.